The first-order valence-corrected chi connectivity index (χ1v) is 9.92. The molecule has 5 nitrogen and oxygen atoms in total. The molecule has 2 heterocycles. The Balaban J connectivity index is 1.63. The molecule has 0 aromatic carbocycles. The monoisotopic (exact) mass is 408 g/mol. The number of nitrogens with zero attached hydrogens (tertiary/aromatic N) is 3. The van der Waals surface area contributed by atoms with Crippen LogP contribution in [0.15, 0.2) is 47.1 Å². The van der Waals surface area contributed by atoms with Crippen molar-refractivity contribution in [2.75, 3.05) is 6.26 Å². The molecule has 1 N–H and O–H groups in total. The molecule has 2 aromatic heterocycles. The van der Waals surface area contributed by atoms with Gasteiger partial charge in [0.15, 0.2) is 17.2 Å². The van der Waals surface area contributed by atoms with E-state index in [-0.39, 0.29) is 18.2 Å². The molecule has 4 rings (SSSR count). The van der Waals surface area contributed by atoms with Crippen molar-refractivity contribution < 1.29 is 13.5 Å². The summed E-state index contributed by atoms with van der Waals surface area (Å²) in [7, 11) is 0. The van der Waals surface area contributed by atoms with Crippen LogP contribution in [0.25, 0.3) is 16.6 Å². The molecule has 2 unspecified atom stereocenters. The summed E-state index contributed by atoms with van der Waals surface area (Å²) >= 11 is 8.10. The lowest BCUT2D eigenvalue weighted by molar-refractivity contribution is 0.339. The van der Waals surface area contributed by atoms with Gasteiger partial charge < -0.3 is 4.74 Å². The lowest BCUT2D eigenvalue weighted by Gasteiger charge is -2.17. The lowest BCUT2D eigenvalue weighted by atomic mass is 10.00. The Bertz CT molecular complexity index is 1010. The number of rotatable bonds is 4. The fraction of sp³-hybridized carbons (Fsp3) is 0.278. The van der Waals surface area contributed by atoms with Crippen molar-refractivity contribution in [1.82, 2.24) is 20.2 Å². The molecule has 2 aliphatic rings. The van der Waals surface area contributed by atoms with Crippen molar-refractivity contribution >= 4 is 40.0 Å². The quantitative estimate of drug-likeness (QED) is 0.783. The van der Waals surface area contributed by atoms with Gasteiger partial charge in [-0.1, -0.05) is 17.7 Å². The number of aromatic nitrogens is 4. The molecule has 0 amide bonds. The molecule has 0 bridgehead atoms. The predicted molar refractivity (Wildman–Crippen MR) is 103 cm³/mol. The average Bonchev–Trinajstić information content (AvgIpc) is 3.07. The summed E-state index contributed by atoms with van der Waals surface area (Å²) in [5, 5.41) is 8.83. The molecule has 0 saturated carbocycles. The number of thioether (sulfide) groups is 1. The Labute approximate surface area is 163 Å². The van der Waals surface area contributed by atoms with Gasteiger partial charge in [0, 0.05) is 28.5 Å². The second kappa shape index (κ2) is 7.44. The third kappa shape index (κ3) is 3.64. The maximum Gasteiger partial charge on any atom is 0.324 e. The molecule has 0 spiro atoms. The fourth-order valence-corrected chi connectivity index (χ4v) is 3.73. The van der Waals surface area contributed by atoms with Crippen molar-refractivity contribution in [3.05, 3.63) is 52.8 Å². The summed E-state index contributed by atoms with van der Waals surface area (Å²) < 4.78 is 32.3. The van der Waals surface area contributed by atoms with Crippen LogP contribution in [-0.4, -0.2) is 37.8 Å². The van der Waals surface area contributed by atoms with Gasteiger partial charge in [-0.25, -0.2) is 13.8 Å². The minimum Gasteiger partial charge on any atom is -0.421 e. The summed E-state index contributed by atoms with van der Waals surface area (Å²) in [5.41, 5.74) is 2.06. The van der Waals surface area contributed by atoms with Crippen molar-refractivity contribution in [3.63, 3.8) is 0 Å². The van der Waals surface area contributed by atoms with E-state index in [9.17, 15) is 8.78 Å². The number of fused-ring (bicyclic) bond motifs is 1. The van der Waals surface area contributed by atoms with Gasteiger partial charge in [0.1, 0.15) is 11.9 Å². The summed E-state index contributed by atoms with van der Waals surface area (Å²) in [5.74, 6) is -0.856. The minimum absolute atomic E-state index is 0.0459. The first kappa shape index (κ1) is 18.2. The Morgan fingerprint density at radius 1 is 1.41 bits per heavy atom. The topological polar surface area (TPSA) is 63.7 Å². The normalized spacial score (nSPS) is 22.8. The zero-order valence-corrected chi connectivity index (χ0v) is 15.8. The predicted octanol–water partition coefficient (Wildman–Crippen LogP) is 4.85. The van der Waals surface area contributed by atoms with E-state index < -0.39 is 12.0 Å². The third-order valence-corrected chi connectivity index (χ3v) is 5.61. The van der Waals surface area contributed by atoms with Gasteiger partial charge in [0.25, 0.3) is 0 Å². The van der Waals surface area contributed by atoms with Crippen molar-refractivity contribution in [1.29, 1.82) is 0 Å². The average molecular weight is 409 g/mol. The van der Waals surface area contributed by atoms with Crippen LogP contribution in [0.1, 0.15) is 18.5 Å². The minimum atomic E-state index is -1.34. The molecule has 9 heteroatoms. The van der Waals surface area contributed by atoms with Crippen LogP contribution in [0.2, 0.25) is 0 Å². The number of nitrogens with one attached hydrogen (secondary N) is 1. The van der Waals surface area contributed by atoms with Crippen molar-refractivity contribution in [3.8, 4) is 6.01 Å². The highest BCUT2D eigenvalue weighted by atomic mass is 35.5. The zero-order valence-electron chi connectivity index (χ0n) is 14.2. The van der Waals surface area contributed by atoms with E-state index >= 15 is 0 Å². The van der Waals surface area contributed by atoms with Crippen LogP contribution in [0.4, 0.5) is 8.78 Å². The van der Waals surface area contributed by atoms with Gasteiger partial charge in [-0.3, -0.25) is 5.10 Å². The van der Waals surface area contributed by atoms with Gasteiger partial charge in [-0.15, -0.1) is 0 Å². The highest BCUT2D eigenvalue weighted by molar-refractivity contribution is 7.99. The Kier molecular flexibility index (Phi) is 5.01. The highest BCUT2D eigenvalue weighted by Crippen LogP contribution is 2.36. The van der Waals surface area contributed by atoms with Crippen LogP contribution < -0.4 is 4.74 Å². The second-order valence-electron chi connectivity index (χ2n) is 6.09. The molecule has 2 atom stereocenters. The number of ether oxygens (including phenoxy) is 1. The molecule has 140 valence electrons. The van der Waals surface area contributed by atoms with Gasteiger partial charge >= 0.3 is 6.01 Å². The molecular weight excluding hydrogens is 394 g/mol. The standard InChI is InChI=1S/C18H15ClF2N4OS/c1-27-10-3-4-13(19)11(7-10)16-12-8-22-18(23-17(12)25-24-16)26-15-5-2-9(20)6-14(15)21/h3-6,8-10H,2,7H2,1H3,(H,22,23,24,25). The van der Waals surface area contributed by atoms with Crippen LogP contribution in [0, 0.1) is 0 Å². The third-order valence-electron chi connectivity index (χ3n) is 4.33. The van der Waals surface area contributed by atoms with Crippen LogP contribution >= 0.6 is 23.4 Å². The van der Waals surface area contributed by atoms with E-state index in [0.29, 0.717) is 27.0 Å². The van der Waals surface area contributed by atoms with E-state index in [1.54, 1.807) is 18.0 Å². The van der Waals surface area contributed by atoms with E-state index in [4.69, 9.17) is 16.3 Å². The first-order valence-electron chi connectivity index (χ1n) is 8.26. The van der Waals surface area contributed by atoms with E-state index in [1.807, 2.05) is 12.3 Å². The number of halogens is 3. The number of hydrogen-bond acceptors (Lipinski definition) is 5. The summed E-state index contributed by atoms with van der Waals surface area (Å²) in [4.78, 5) is 8.37. The molecule has 27 heavy (non-hydrogen) atoms. The van der Waals surface area contributed by atoms with Gasteiger partial charge in [-0.05, 0) is 30.9 Å². The number of H-pyrrole nitrogens is 1. The summed E-state index contributed by atoms with van der Waals surface area (Å²) in [6.07, 6.45) is 9.21. The molecule has 0 saturated heterocycles. The van der Waals surface area contributed by atoms with Crippen LogP contribution in [0.3, 0.4) is 0 Å². The number of hydrogen-bond donors (Lipinski definition) is 1. The van der Waals surface area contributed by atoms with Gasteiger partial charge in [0.2, 0.25) is 0 Å². The lowest BCUT2D eigenvalue weighted by Crippen LogP contribution is -2.08. The first-order chi connectivity index (χ1) is 13.0. The Morgan fingerprint density at radius 3 is 3.04 bits per heavy atom. The number of alkyl halides is 1. The summed E-state index contributed by atoms with van der Waals surface area (Å²) in [6.45, 7) is 0. The molecular formula is C18H15ClF2N4OS. The second-order valence-corrected chi connectivity index (χ2v) is 7.57. The van der Waals surface area contributed by atoms with Crippen molar-refractivity contribution in [2.45, 2.75) is 24.3 Å². The van der Waals surface area contributed by atoms with Gasteiger partial charge in [-0.2, -0.15) is 21.8 Å². The highest BCUT2D eigenvalue weighted by Gasteiger charge is 2.22. The summed E-state index contributed by atoms with van der Waals surface area (Å²) in [6, 6.07) is -0.0459. The van der Waals surface area contributed by atoms with E-state index in [0.717, 1.165) is 18.1 Å². The van der Waals surface area contributed by atoms with Gasteiger partial charge in [0.05, 0.1) is 5.39 Å². The Hall–Kier alpha value is -2.19. The zero-order chi connectivity index (χ0) is 19.0. The molecule has 2 aliphatic carbocycles. The largest absolute Gasteiger partial charge is 0.421 e. The molecule has 2 aromatic rings. The molecule has 0 fully saturated rings. The number of aromatic amines is 1. The SMILES string of the molecule is CSC1C=CC(Cl)=C(c2n[nH]c3nc(OC4=CCC(F)C=C4F)ncc23)C1. The fourth-order valence-electron chi connectivity index (χ4n) is 2.92. The number of allylic oxidation sites excluding steroid dienone is 6. The van der Waals surface area contributed by atoms with E-state index in [1.165, 1.54) is 6.08 Å². The molecule has 0 aliphatic heterocycles. The van der Waals surface area contributed by atoms with Crippen molar-refractivity contribution in [2.24, 2.45) is 0 Å². The van der Waals surface area contributed by atoms with Crippen LogP contribution in [0.5, 0.6) is 6.01 Å². The maximum atomic E-state index is 13.8. The van der Waals surface area contributed by atoms with E-state index in [2.05, 4.69) is 26.2 Å². The maximum absolute atomic E-state index is 13.8. The van der Waals surface area contributed by atoms with Crippen LogP contribution in [-0.2, 0) is 0 Å². The smallest absolute Gasteiger partial charge is 0.324 e. The Morgan fingerprint density at radius 2 is 2.26 bits per heavy atom. The molecule has 0 radical (unpaired) electrons.